The van der Waals surface area contributed by atoms with Crippen molar-refractivity contribution < 1.29 is 9.21 Å². The number of hydrogen-bond donors (Lipinski definition) is 1. The van der Waals surface area contributed by atoms with E-state index in [0.29, 0.717) is 22.5 Å². The predicted octanol–water partition coefficient (Wildman–Crippen LogP) is 3.91. The van der Waals surface area contributed by atoms with E-state index in [0.717, 1.165) is 16.5 Å². The fourth-order valence-corrected chi connectivity index (χ4v) is 4.51. The minimum absolute atomic E-state index is 0.0198. The summed E-state index contributed by atoms with van der Waals surface area (Å²) in [5.41, 5.74) is 0.702. The molecule has 6 heteroatoms. The van der Waals surface area contributed by atoms with E-state index in [-0.39, 0.29) is 5.91 Å². The maximum atomic E-state index is 12.5. The summed E-state index contributed by atoms with van der Waals surface area (Å²) in [6, 6.07) is 9.67. The first kappa shape index (κ1) is 16.1. The smallest absolute Gasteiger partial charge is 0.251 e. The van der Waals surface area contributed by atoms with E-state index in [1.54, 1.807) is 6.07 Å². The molecule has 3 aliphatic rings. The molecule has 126 valence electrons. The molecule has 0 unspecified atom stereocenters. The van der Waals surface area contributed by atoms with E-state index in [2.05, 4.69) is 10.2 Å². The van der Waals surface area contributed by atoms with Crippen LogP contribution in [0, 0.1) is 5.92 Å². The Balaban J connectivity index is 1.38. The summed E-state index contributed by atoms with van der Waals surface area (Å²) in [6.45, 7) is 3.35. The average Bonchev–Trinajstić information content (AvgIpc) is 3.01. The van der Waals surface area contributed by atoms with Crippen LogP contribution < -0.4 is 5.32 Å². The van der Waals surface area contributed by atoms with E-state index in [1.165, 1.54) is 44.0 Å². The molecular formula is C18H19ClN2O2S. The van der Waals surface area contributed by atoms with E-state index in [9.17, 15) is 4.79 Å². The third kappa shape index (κ3) is 3.48. The van der Waals surface area contributed by atoms with Crippen LogP contribution in [0.15, 0.2) is 51.0 Å². The molecule has 3 fully saturated rings. The van der Waals surface area contributed by atoms with Gasteiger partial charge in [-0.1, -0.05) is 23.4 Å². The van der Waals surface area contributed by atoms with Crippen LogP contribution in [0.1, 0.15) is 23.2 Å². The van der Waals surface area contributed by atoms with Crippen molar-refractivity contribution in [1.82, 2.24) is 10.2 Å². The van der Waals surface area contributed by atoms with Crippen molar-refractivity contribution in [2.75, 3.05) is 19.6 Å². The van der Waals surface area contributed by atoms with Crippen molar-refractivity contribution >= 4 is 29.3 Å². The fourth-order valence-electron chi connectivity index (χ4n) is 3.52. The van der Waals surface area contributed by atoms with Crippen molar-refractivity contribution in [3.8, 4) is 0 Å². The van der Waals surface area contributed by atoms with Crippen LogP contribution in [0.2, 0.25) is 5.02 Å². The van der Waals surface area contributed by atoms with Crippen LogP contribution in [-0.2, 0) is 0 Å². The number of hydrogen-bond acceptors (Lipinski definition) is 4. The van der Waals surface area contributed by atoms with Gasteiger partial charge in [-0.2, -0.15) is 0 Å². The molecule has 1 aromatic carbocycles. The number of rotatable bonds is 4. The quantitative estimate of drug-likeness (QED) is 0.895. The van der Waals surface area contributed by atoms with Crippen LogP contribution >= 0.6 is 23.4 Å². The lowest BCUT2D eigenvalue weighted by Crippen LogP contribution is -2.57. The zero-order valence-corrected chi connectivity index (χ0v) is 14.8. The molecule has 0 saturated carbocycles. The first-order valence-corrected chi connectivity index (χ1v) is 9.42. The number of nitrogens with one attached hydrogen (secondary N) is 1. The molecule has 3 aliphatic heterocycles. The molecule has 0 radical (unpaired) electrons. The molecule has 0 spiro atoms. The van der Waals surface area contributed by atoms with Gasteiger partial charge in [0.15, 0.2) is 5.09 Å². The van der Waals surface area contributed by atoms with E-state index in [4.69, 9.17) is 16.0 Å². The largest absolute Gasteiger partial charge is 0.456 e. The normalized spacial score (nSPS) is 25.6. The number of amides is 1. The minimum Gasteiger partial charge on any atom is -0.456 e. The SMILES string of the molecule is O=C(N[C@H]1CN2CCC1CC2)c1ccc(Sc2cc(Cl)co2)cc1. The lowest BCUT2D eigenvalue weighted by Gasteiger charge is -2.44. The second-order valence-electron chi connectivity index (χ2n) is 6.43. The van der Waals surface area contributed by atoms with Crippen LogP contribution in [-0.4, -0.2) is 36.5 Å². The number of furan rings is 1. The highest BCUT2D eigenvalue weighted by Gasteiger charge is 2.34. The molecule has 24 heavy (non-hydrogen) atoms. The third-order valence-electron chi connectivity index (χ3n) is 4.85. The summed E-state index contributed by atoms with van der Waals surface area (Å²) in [5.74, 6) is 0.656. The van der Waals surface area contributed by atoms with Gasteiger partial charge >= 0.3 is 0 Å². The summed E-state index contributed by atoms with van der Waals surface area (Å²) in [6.07, 6.45) is 3.91. The molecule has 2 aromatic rings. The molecule has 0 aliphatic carbocycles. The van der Waals surface area contributed by atoms with Crippen molar-refractivity contribution in [1.29, 1.82) is 0 Å². The first-order chi connectivity index (χ1) is 11.7. The van der Waals surface area contributed by atoms with Gasteiger partial charge in [0.25, 0.3) is 5.91 Å². The summed E-state index contributed by atoms with van der Waals surface area (Å²) in [4.78, 5) is 15.9. The van der Waals surface area contributed by atoms with Crippen LogP contribution in [0.4, 0.5) is 0 Å². The standard InChI is InChI=1S/C18H19ClN2O2S/c19-14-9-17(23-11-14)24-15-3-1-13(2-4-15)18(22)20-16-10-21-7-5-12(16)6-8-21/h1-4,9,11-12,16H,5-8,10H2,(H,20,22)/t16-/m0/s1. The fraction of sp³-hybridized carbons (Fsp3) is 0.389. The lowest BCUT2D eigenvalue weighted by molar-refractivity contribution is 0.0620. The average molecular weight is 363 g/mol. The molecule has 3 saturated heterocycles. The lowest BCUT2D eigenvalue weighted by atomic mass is 9.84. The third-order valence-corrected chi connectivity index (χ3v) is 5.97. The first-order valence-electron chi connectivity index (χ1n) is 8.22. The number of fused-ring (bicyclic) bond motifs is 3. The number of nitrogens with zero attached hydrogens (tertiary/aromatic N) is 1. The Labute approximate surface area is 150 Å². The topological polar surface area (TPSA) is 45.5 Å². The van der Waals surface area contributed by atoms with Crippen LogP contribution in [0.25, 0.3) is 0 Å². The van der Waals surface area contributed by atoms with Gasteiger partial charge in [-0.25, -0.2) is 0 Å². The Bertz CT molecular complexity index is 723. The number of halogens is 1. The van der Waals surface area contributed by atoms with E-state index >= 15 is 0 Å². The number of carbonyl (C=O) groups is 1. The van der Waals surface area contributed by atoms with Crippen molar-refractivity contribution in [2.45, 2.75) is 28.9 Å². The zero-order chi connectivity index (χ0) is 16.5. The van der Waals surface area contributed by atoms with Gasteiger partial charge in [-0.15, -0.1) is 0 Å². The Morgan fingerprint density at radius 3 is 2.58 bits per heavy atom. The molecule has 5 rings (SSSR count). The molecule has 1 aromatic heterocycles. The van der Waals surface area contributed by atoms with Crippen LogP contribution in [0.3, 0.4) is 0 Å². The van der Waals surface area contributed by atoms with Gasteiger partial charge in [0.2, 0.25) is 0 Å². The Kier molecular flexibility index (Phi) is 4.57. The summed E-state index contributed by atoms with van der Waals surface area (Å²) < 4.78 is 5.32. The molecule has 2 bridgehead atoms. The van der Waals surface area contributed by atoms with E-state index in [1.807, 2.05) is 24.3 Å². The Morgan fingerprint density at radius 1 is 1.25 bits per heavy atom. The van der Waals surface area contributed by atoms with Crippen molar-refractivity contribution in [3.63, 3.8) is 0 Å². The van der Waals surface area contributed by atoms with Gasteiger partial charge in [0.1, 0.15) is 6.26 Å². The molecule has 4 heterocycles. The van der Waals surface area contributed by atoms with Gasteiger partial charge in [-0.3, -0.25) is 4.79 Å². The maximum absolute atomic E-state index is 12.5. The second kappa shape index (κ2) is 6.82. The molecular weight excluding hydrogens is 344 g/mol. The zero-order valence-electron chi connectivity index (χ0n) is 13.2. The molecule has 1 N–H and O–H groups in total. The van der Waals surface area contributed by atoms with Gasteiger partial charge in [-0.05, 0) is 56.1 Å². The summed E-state index contributed by atoms with van der Waals surface area (Å²) in [7, 11) is 0. The second-order valence-corrected chi connectivity index (χ2v) is 7.94. The highest BCUT2D eigenvalue weighted by molar-refractivity contribution is 7.99. The van der Waals surface area contributed by atoms with Gasteiger partial charge < -0.3 is 14.6 Å². The number of carbonyl (C=O) groups excluding carboxylic acids is 1. The maximum Gasteiger partial charge on any atom is 0.251 e. The minimum atomic E-state index is 0.0198. The summed E-state index contributed by atoms with van der Waals surface area (Å²) in [5, 5.41) is 4.54. The van der Waals surface area contributed by atoms with E-state index < -0.39 is 0 Å². The Hall–Kier alpha value is -1.43. The van der Waals surface area contributed by atoms with Gasteiger partial charge in [0, 0.05) is 29.1 Å². The summed E-state index contributed by atoms with van der Waals surface area (Å²) >= 11 is 7.33. The molecule has 4 nitrogen and oxygen atoms in total. The Morgan fingerprint density at radius 2 is 2.00 bits per heavy atom. The van der Waals surface area contributed by atoms with Crippen LogP contribution in [0.5, 0.6) is 0 Å². The number of benzene rings is 1. The highest BCUT2D eigenvalue weighted by atomic mass is 35.5. The predicted molar refractivity (Wildman–Crippen MR) is 94.7 cm³/mol. The van der Waals surface area contributed by atoms with Crippen molar-refractivity contribution in [2.24, 2.45) is 5.92 Å². The highest BCUT2D eigenvalue weighted by Crippen LogP contribution is 2.31. The monoisotopic (exact) mass is 362 g/mol. The molecule has 1 amide bonds. The molecule has 1 atom stereocenters. The van der Waals surface area contributed by atoms with Crippen molar-refractivity contribution in [3.05, 3.63) is 47.2 Å². The van der Waals surface area contributed by atoms with Gasteiger partial charge in [0.05, 0.1) is 5.02 Å². The number of piperidine rings is 3.